The molecule has 2 aromatic carbocycles. The lowest BCUT2D eigenvalue weighted by Crippen LogP contribution is -2.45. The van der Waals surface area contributed by atoms with Crippen molar-refractivity contribution in [1.82, 2.24) is 9.78 Å². The van der Waals surface area contributed by atoms with E-state index >= 15 is 0 Å². The molecule has 0 radical (unpaired) electrons. The highest BCUT2D eigenvalue weighted by atomic mass is 19.4. The van der Waals surface area contributed by atoms with Crippen LogP contribution in [0.1, 0.15) is 5.56 Å². The number of aliphatic hydroxyl groups is 3. The van der Waals surface area contributed by atoms with Gasteiger partial charge in [0.1, 0.15) is 17.1 Å². The molecule has 0 unspecified atom stereocenters. The van der Waals surface area contributed by atoms with Gasteiger partial charge in [-0.25, -0.2) is 4.39 Å². The maximum absolute atomic E-state index is 14.2. The van der Waals surface area contributed by atoms with Crippen molar-refractivity contribution in [2.24, 2.45) is 0 Å². The summed E-state index contributed by atoms with van der Waals surface area (Å²) in [7, 11) is 0. The van der Waals surface area contributed by atoms with Crippen LogP contribution in [-0.2, 0) is 11.7 Å². The molecule has 3 rings (SSSR count). The first kappa shape index (κ1) is 21.8. The van der Waals surface area contributed by atoms with Crippen LogP contribution < -0.4 is 0 Å². The van der Waals surface area contributed by atoms with Crippen LogP contribution in [-0.4, -0.2) is 50.0 Å². The van der Waals surface area contributed by atoms with Crippen molar-refractivity contribution in [3.8, 4) is 28.0 Å². The molecule has 4 N–H and O–H groups in total. The zero-order valence-corrected chi connectivity index (χ0v) is 15.4. The summed E-state index contributed by atoms with van der Waals surface area (Å²) >= 11 is 0. The monoisotopic (exact) mass is 426 g/mol. The molecule has 160 valence electrons. The van der Waals surface area contributed by atoms with Gasteiger partial charge in [0.25, 0.3) is 0 Å². The normalized spacial score (nSPS) is 12.4. The zero-order valence-electron chi connectivity index (χ0n) is 15.4. The lowest BCUT2D eigenvalue weighted by atomic mass is 9.90. The number of halogens is 4. The second-order valence-electron chi connectivity index (χ2n) is 6.76. The minimum atomic E-state index is -4.92. The first-order chi connectivity index (χ1) is 14.2. The van der Waals surface area contributed by atoms with Crippen molar-refractivity contribution in [3.63, 3.8) is 0 Å². The van der Waals surface area contributed by atoms with Crippen LogP contribution in [0.3, 0.4) is 0 Å². The largest absolute Gasteiger partial charge is 0.507 e. The molecular weight excluding hydrogens is 408 g/mol. The molecule has 0 saturated carbocycles. The standard InChI is InChI=1S/C20H18F4N2O4/c21-13-5-15(12-7-25-26(8-12)19(9-27,10-28)11-29)18(16(6-13)20(22,23)24)14-3-1-2-4-17(14)30/h1-8,27-30H,9-11H2. The molecule has 0 fully saturated rings. The Bertz CT molecular complexity index is 1040. The van der Waals surface area contributed by atoms with Crippen LogP contribution in [0, 0.1) is 5.82 Å². The third-order valence-corrected chi connectivity index (χ3v) is 4.84. The van der Waals surface area contributed by atoms with Crippen molar-refractivity contribution in [2.75, 3.05) is 19.8 Å². The quantitative estimate of drug-likeness (QED) is 0.455. The lowest BCUT2D eigenvalue weighted by Gasteiger charge is -2.27. The Morgan fingerprint density at radius 1 is 0.933 bits per heavy atom. The van der Waals surface area contributed by atoms with E-state index in [2.05, 4.69) is 5.10 Å². The van der Waals surface area contributed by atoms with E-state index in [-0.39, 0.29) is 16.7 Å². The molecule has 1 heterocycles. The SMILES string of the molecule is OCC(CO)(CO)n1cc(-c2cc(F)cc(C(F)(F)F)c2-c2ccccc2O)cn1. The third kappa shape index (κ3) is 3.76. The summed E-state index contributed by atoms with van der Waals surface area (Å²) in [5.41, 5.74) is -3.69. The fourth-order valence-corrected chi connectivity index (χ4v) is 3.12. The van der Waals surface area contributed by atoms with E-state index in [0.717, 1.165) is 16.9 Å². The van der Waals surface area contributed by atoms with E-state index in [4.69, 9.17) is 0 Å². The molecule has 1 aromatic heterocycles. The van der Waals surface area contributed by atoms with Gasteiger partial charge in [0.05, 0.1) is 31.6 Å². The number of phenolic OH excluding ortho intramolecular Hbond substituents is 1. The minimum absolute atomic E-state index is 0.0259. The van der Waals surface area contributed by atoms with Crippen LogP contribution in [0.15, 0.2) is 48.8 Å². The van der Waals surface area contributed by atoms with Gasteiger partial charge < -0.3 is 20.4 Å². The summed E-state index contributed by atoms with van der Waals surface area (Å²) in [6.07, 6.45) is -2.62. The minimum Gasteiger partial charge on any atom is -0.507 e. The molecular formula is C20H18F4N2O4. The Balaban J connectivity index is 2.31. The number of aromatic nitrogens is 2. The lowest BCUT2D eigenvalue weighted by molar-refractivity contribution is -0.137. The number of alkyl halides is 3. The van der Waals surface area contributed by atoms with Gasteiger partial charge in [-0.1, -0.05) is 18.2 Å². The van der Waals surface area contributed by atoms with E-state index in [1.165, 1.54) is 30.5 Å². The number of hydrogen-bond acceptors (Lipinski definition) is 5. The van der Waals surface area contributed by atoms with Gasteiger partial charge >= 0.3 is 6.18 Å². The van der Waals surface area contributed by atoms with Gasteiger partial charge in [0.15, 0.2) is 0 Å². The van der Waals surface area contributed by atoms with Gasteiger partial charge in [0, 0.05) is 22.9 Å². The molecule has 30 heavy (non-hydrogen) atoms. The van der Waals surface area contributed by atoms with E-state index in [0.29, 0.717) is 6.07 Å². The molecule has 0 saturated heterocycles. The number of nitrogens with zero attached hydrogens (tertiary/aromatic N) is 2. The Kier molecular flexibility index (Phi) is 5.84. The van der Waals surface area contributed by atoms with Gasteiger partial charge in [-0.05, 0) is 23.8 Å². The van der Waals surface area contributed by atoms with Gasteiger partial charge in [-0.2, -0.15) is 18.3 Å². The fourth-order valence-electron chi connectivity index (χ4n) is 3.12. The van der Waals surface area contributed by atoms with Crippen LogP contribution in [0.4, 0.5) is 17.6 Å². The van der Waals surface area contributed by atoms with Crippen molar-refractivity contribution in [1.29, 1.82) is 0 Å². The Morgan fingerprint density at radius 2 is 1.57 bits per heavy atom. The molecule has 0 aliphatic carbocycles. The fraction of sp³-hybridized carbons (Fsp3) is 0.250. The second-order valence-corrected chi connectivity index (χ2v) is 6.76. The topological polar surface area (TPSA) is 98.7 Å². The van der Waals surface area contributed by atoms with Crippen molar-refractivity contribution in [3.05, 3.63) is 60.2 Å². The third-order valence-electron chi connectivity index (χ3n) is 4.84. The van der Waals surface area contributed by atoms with E-state index in [1.54, 1.807) is 0 Å². The van der Waals surface area contributed by atoms with Crippen molar-refractivity contribution in [2.45, 2.75) is 11.7 Å². The predicted octanol–water partition coefficient (Wildman–Crippen LogP) is 2.75. The van der Waals surface area contributed by atoms with Crippen LogP contribution in [0.2, 0.25) is 0 Å². The van der Waals surface area contributed by atoms with Gasteiger partial charge in [-0.15, -0.1) is 0 Å². The Labute approximate surface area is 168 Å². The highest BCUT2D eigenvalue weighted by Gasteiger charge is 2.37. The Hall–Kier alpha value is -2.95. The second kappa shape index (κ2) is 8.05. The number of rotatable bonds is 6. The molecule has 10 heteroatoms. The van der Waals surface area contributed by atoms with E-state index in [1.807, 2.05) is 0 Å². The summed E-state index contributed by atoms with van der Waals surface area (Å²) in [6.45, 7) is -2.11. The number of aliphatic hydroxyl groups excluding tert-OH is 3. The highest BCUT2D eigenvalue weighted by molar-refractivity contribution is 5.88. The van der Waals surface area contributed by atoms with Crippen molar-refractivity contribution < 1.29 is 38.0 Å². The van der Waals surface area contributed by atoms with Gasteiger partial charge in [-0.3, -0.25) is 4.68 Å². The summed E-state index contributed by atoms with van der Waals surface area (Å²) in [4.78, 5) is 0. The maximum Gasteiger partial charge on any atom is 0.417 e. The van der Waals surface area contributed by atoms with Crippen LogP contribution >= 0.6 is 0 Å². The first-order valence-corrected chi connectivity index (χ1v) is 8.74. The zero-order chi connectivity index (χ0) is 22.1. The molecule has 0 spiro atoms. The number of phenols is 1. The Morgan fingerprint density at radius 3 is 2.13 bits per heavy atom. The molecule has 6 nitrogen and oxygen atoms in total. The van der Waals surface area contributed by atoms with E-state index in [9.17, 15) is 38.0 Å². The highest BCUT2D eigenvalue weighted by Crippen LogP contribution is 2.45. The van der Waals surface area contributed by atoms with Crippen molar-refractivity contribution >= 4 is 0 Å². The van der Waals surface area contributed by atoms with Gasteiger partial charge in [0.2, 0.25) is 0 Å². The molecule has 0 amide bonds. The van der Waals surface area contributed by atoms with Crippen LogP contribution in [0.25, 0.3) is 22.3 Å². The molecule has 0 atom stereocenters. The number of benzene rings is 2. The molecule has 0 aliphatic heterocycles. The maximum atomic E-state index is 14.2. The number of para-hydroxylation sites is 1. The number of hydrogen-bond donors (Lipinski definition) is 4. The predicted molar refractivity (Wildman–Crippen MR) is 99.0 cm³/mol. The molecule has 3 aromatic rings. The summed E-state index contributed by atoms with van der Waals surface area (Å²) in [6, 6.07) is 6.56. The first-order valence-electron chi connectivity index (χ1n) is 8.74. The molecule has 0 bridgehead atoms. The molecule has 0 aliphatic rings. The summed E-state index contributed by atoms with van der Waals surface area (Å²) in [5.74, 6) is -1.58. The smallest absolute Gasteiger partial charge is 0.417 e. The average molecular weight is 426 g/mol. The number of aromatic hydroxyl groups is 1. The summed E-state index contributed by atoms with van der Waals surface area (Å²) in [5, 5.41) is 42.7. The average Bonchev–Trinajstić information content (AvgIpc) is 3.20. The summed E-state index contributed by atoms with van der Waals surface area (Å²) < 4.78 is 56.4. The van der Waals surface area contributed by atoms with E-state index < -0.39 is 54.2 Å². The van der Waals surface area contributed by atoms with Crippen LogP contribution in [0.5, 0.6) is 5.75 Å².